The van der Waals surface area contributed by atoms with Gasteiger partial charge in [-0.3, -0.25) is 0 Å². The van der Waals surface area contributed by atoms with Crippen LogP contribution in [0.5, 0.6) is 11.5 Å². The van der Waals surface area contributed by atoms with Crippen molar-refractivity contribution in [2.24, 2.45) is 0 Å². The van der Waals surface area contributed by atoms with Gasteiger partial charge in [-0.1, -0.05) is 61.9 Å². The van der Waals surface area contributed by atoms with E-state index in [2.05, 4.69) is 33.4 Å². The Hall–Kier alpha value is -1.23. The molecule has 0 atom stereocenters. The van der Waals surface area contributed by atoms with Crippen LogP contribution in [0.1, 0.15) is 56.1 Å². The maximum absolute atomic E-state index is 6.23. The molecule has 0 amide bonds. The lowest BCUT2D eigenvalue weighted by molar-refractivity contribution is 0.282. The first-order chi connectivity index (χ1) is 13.7. The minimum absolute atomic E-state index is 0.397. The van der Waals surface area contributed by atoms with E-state index in [0.29, 0.717) is 23.4 Å². The molecule has 0 aromatic heterocycles. The largest absolute Gasteiger partial charge is 0.493 e. The van der Waals surface area contributed by atoms with E-state index in [4.69, 9.17) is 21.1 Å². The molecule has 0 saturated heterocycles. The van der Waals surface area contributed by atoms with Crippen molar-refractivity contribution in [1.82, 2.24) is 5.32 Å². The summed E-state index contributed by atoms with van der Waals surface area (Å²) in [6.45, 7) is 1.23. The number of halogens is 2. The molecule has 0 bridgehead atoms. The van der Waals surface area contributed by atoms with Crippen molar-refractivity contribution in [1.29, 1.82) is 0 Å². The monoisotopic (exact) mass is 465 g/mol. The van der Waals surface area contributed by atoms with E-state index in [1.165, 1.54) is 50.5 Å². The first kappa shape index (κ1) is 21.5. The summed E-state index contributed by atoms with van der Waals surface area (Å²) in [6, 6.07) is 12.5. The normalized spacial score (nSPS) is 15.7. The molecule has 2 aromatic carbocycles. The molecular weight excluding hydrogens is 438 g/mol. The van der Waals surface area contributed by atoms with Crippen LogP contribution in [0.15, 0.2) is 40.9 Å². The Morgan fingerprint density at radius 3 is 2.50 bits per heavy atom. The molecule has 0 spiro atoms. The fourth-order valence-corrected chi connectivity index (χ4v) is 4.50. The maximum atomic E-state index is 6.23. The highest BCUT2D eigenvalue weighted by molar-refractivity contribution is 9.10. The van der Waals surface area contributed by atoms with E-state index < -0.39 is 0 Å². The number of hydrogen-bond donors (Lipinski definition) is 1. The van der Waals surface area contributed by atoms with Crippen molar-refractivity contribution in [3.63, 3.8) is 0 Å². The molecule has 1 aliphatic carbocycles. The zero-order valence-corrected chi connectivity index (χ0v) is 18.8. The Kier molecular flexibility index (Phi) is 8.50. The number of benzene rings is 2. The van der Waals surface area contributed by atoms with E-state index in [1.54, 1.807) is 7.11 Å². The number of ether oxygens (including phenoxy) is 2. The third-order valence-corrected chi connectivity index (χ3v) is 6.28. The highest BCUT2D eigenvalue weighted by atomic mass is 79.9. The Morgan fingerprint density at radius 2 is 1.79 bits per heavy atom. The first-order valence-corrected chi connectivity index (χ1v) is 11.3. The number of hydrogen-bond acceptors (Lipinski definition) is 3. The highest BCUT2D eigenvalue weighted by Crippen LogP contribution is 2.37. The summed E-state index contributed by atoms with van der Waals surface area (Å²) >= 11 is 9.89. The van der Waals surface area contributed by atoms with E-state index in [0.717, 1.165) is 22.3 Å². The minimum Gasteiger partial charge on any atom is -0.493 e. The van der Waals surface area contributed by atoms with Gasteiger partial charge in [0.2, 0.25) is 0 Å². The smallest absolute Gasteiger partial charge is 0.175 e. The molecule has 1 saturated carbocycles. The fraction of sp³-hybridized carbons (Fsp3) is 0.478. The van der Waals surface area contributed by atoms with Gasteiger partial charge in [0, 0.05) is 23.2 Å². The van der Waals surface area contributed by atoms with E-state index in [-0.39, 0.29) is 0 Å². The average Bonchev–Trinajstić information content (AvgIpc) is 2.67. The molecule has 5 heteroatoms. The molecule has 0 aliphatic heterocycles. The molecule has 2 aromatic rings. The second-order valence-electron chi connectivity index (χ2n) is 7.41. The van der Waals surface area contributed by atoms with Gasteiger partial charge >= 0.3 is 0 Å². The molecule has 28 heavy (non-hydrogen) atoms. The van der Waals surface area contributed by atoms with Gasteiger partial charge < -0.3 is 14.8 Å². The molecule has 3 nitrogen and oxygen atoms in total. The van der Waals surface area contributed by atoms with Crippen LogP contribution in [-0.2, 0) is 13.2 Å². The van der Waals surface area contributed by atoms with Gasteiger partial charge in [-0.2, -0.15) is 0 Å². The van der Waals surface area contributed by atoms with Crippen molar-refractivity contribution in [3.8, 4) is 11.5 Å². The Labute approximate surface area is 181 Å². The lowest BCUT2D eigenvalue weighted by atomic mass is 9.96. The topological polar surface area (TPSA) is 30.5 Å². The average molecular weight is 467 g/mol. The van der Waals surface area contributed by atoms with Crippen LogP contribution in [-0.4, -0.2) is 13.2 Å². The molecule has 1 fully saturated rings. The molecule has 0 radical (unpaired) electrons. The fourth-order valence-electron chi connectivity index (χ4n) is 3.70. The van der Waals surface area contributed by atoms with Crippen molar-refractivity contribution in [2.45, 2.75) is 64.1 Å². The van der Waals surface area contributed by atoms with Crippen LogP contribution >= 0.6 is 27.5 Å². The maximum Gasteiger partial charge on any atom is 0.175 e. The standard InChI is InChI=1S/C23H29BrClNO2/c1-27-22-14-17(15-26-19-10-5-3-2-4-6-11-19)13-20(24)23(22)28-16-18-9-7-8-12-21(18)25/h7-9,12-14,19,26H,2-6,10-11,15-16H2,1H3. The van der Waals surface area contributed by atoms with Gasteiger partial charge in [-0.15, -0.1) is 0 Å². The summed E-state index contributed by atoms with van der Waals surface area (Å²) in [7, 11) is 1.68. The third-order valence-electron chi connectivity index (χ3n) is 5.32. The van der Waals surface area contributed by atoms with Gasteiger partial charge in [0.05, 0.1) is 11.6 Å². The van der Waals surface area contributed by atoms with Crippen molar-refractivity contribution < 1.29 is 9.47 Å². The minimum atomic E-state index is 0.397. The van der Waals surface area contributed by atoms with Crippen molar-refractivity contribution in [2.75, 3.05) is 7.11 Å². The van der Waals surface area contributed by atoms with E-state index in [9.17, 15) is 0 Å². The highest BCUT2D eigenvalue weighted by Gasteiger charge is 2.15. The van der Waals surface area contributed by atoms with Crippen molar-refractivity contribution >= 4 is 27.5 Å². The first-order valence-electron chi connectivity index (χ1n) is 10.1. The summed E-state index contributed by atoms with van der Waals surface area (Å²) in [4.78, 5) is 0. The Bertz CT molecular complexity index is 760. The zero-order valence-electron chi connectivity index (χ0n) is 16.5. The molecular formula is C23H29BrClNO2. The summed E-state index contributed by atoms with van der Waals surface area (Å²) < 4.78 is 12.5. The molecule has 0 heterocycles. The zero-order chi connectivity index (χ0) is 19.8. The Morgan fingerprint density at radius 1 is 1.07 bits per heavy atom. The quantitative estimate of drug-likeness (QED) is 0.482. The van der Waals surface area contributed by atoms with Gasteiger partial charge in [0.25, 0.3) is 0 Å². The second-order valence-corrected chi connectivity index (χ2v) is 8.67. The van der Waals surface area contributed by atoms with E-state index in [1.807, 2.05) is 24.3 Å². The predicted molar refractivity (Wildman–Crippen MR) is 119 cm³/mol. The second kappa shape index (κ2) is 11.1. The lowest BCUT2D eigenvalue weighted by Gasteiger charge is -2.21. The summed E-state index contributed by atoms with van der Waals surface area (Å²) in [5, 5.41) is 4.44. The lowest BCUT2D eigenvalue weighted by Crippen LogP contribution is -2.29. The molecule has 3 rings (SSSR count). The van der Waals surface area contributed by atoms with Gasteiger partial charge in [-0.25, -0.2) is 0 Å². The van der Waals surface area contributed by atoms with Crippen LogP contribution in [0.2, 0.25) is 5.02 Å². The summed E-state index contributed by atoms with van der Waals surface area (Å²) in [5.74, 6) is 1.44. The number of methoxy groups -OCH3 is 1. The number of rotatable bonds is 7. The number of nitrogens with one attached hydrogen (secondary N) is 1. The van der Waals surface area contributed by atoms with Gasteiger partial charge in [0.1, 0.15) is 6.61 Å². The van der Waals surface area contributed by atoms with Crippen molar-refractivity contribution in [3.05, 3.63) is 57.0 Å². The predicted octanol–water partition coefficient (Wildman–Crippen LogP) is 6.89. The van der Waals surface area contributed by atoms with E-state index >= 15 is 0 Å². The van der Waals surface area contributed by atoms with Crippen LogP contribution in [0.25, 0.3) is 0 Å². The van der Waals surface area contributed by atoms with Crippen LogP contribution in [0.4, 0.5) is 0 Å². The SMILES string of the molecule is COc1cc(CNC2CCCCCCC2)cc(Br)c1OCc1ccccc1Cl. The van der Waals surface area contributed by atoms with Crippen LogP contribution in [0.3, 0.4) is 0 Å². The summed E-state index contributed by atoms with van der Waals surface area (Å²) in [5.41, 5.74) is 2.14. The summed E-state index contributed by atoms with van der Waals surface area (Å²) in [6.07, 6.45) is 9.35. The molecule has 152 valence electrons. The van der Waals surface area contributed by atoms with Gasteiger partial charge in [0.15, 0.2) is 11.5 Å². The third kappa shape index (κ3) is 6.13. The molecule has 1 aliphatic rings. The molecule has 0 unspecified atom stereocenters. The van der Waals surface area contributed by atoms with Gasteiger partial charge in [-0.05, 0) is 52.5 Å². The Balaban J connectivity index is 1.64. The molecule has 1 N–H and O–H groups in total. The van der Waals surface area contributed by atoms with Crippen LogP contribution in [0, 0.1) is 0 Å². The van der Waals surface area contributed by atoms with Crippen LogP contribution < -0.4 is 14.8 Å².